The average Bonchev–Trinajstić information content (AvgIpc) is 3.70. The third kappa shape index (κ3) is 7.15. The third-order valence-corrected chi connectivity index (χ3v) is 10.8. The molecule has 2 aliphatic heterocycles. The van der Waals surface area contributed by atoms with Crippen LogP contribution < -0.4 is 20.1 Å². The molecule has 9 nitrogen and oxygen atoms in total. The number of β-amino-alcohol motifs (C(OH)–C–C–N with tert-alkyl or cyclic N) is 1. The average molecular weight is 717 g/mol. The zero-order valence-corrected chi connectivity index (χ0v) is 30.2. The molecule has 2 atom stereocenters. The number of rotatable bonds is 12. The summed E-state index contributed by atoms with van der Waals surface area (Å²) in [5.74, 6) is 1.85. The van der Waals surface area contributed by atoms with E-state index >= 15 is 0 Å². The smallest absolute Gasteiger partial charge is 0.220 e. The summed E-state index contributed by atoms with van der Waals surface area (Å²) in [6.45, 7) is 3.65. The molecular weight excluding hydrogens is 673 g/mol. The van der Waals surface area contributed by atoms with Crippen molar-refractivity contribution in [3.63, 3.8) is 0 Å². The first-order chi connectivity index (χ1) is 24.1. The minimum Gasteiger partial charge on any atom is -0.481 e. The Morgan fingerprint density at radius 2 is 1.70 bits per heavy atom. The Morgan fingerprint density at radius 3 is 2.44 bits per heavy atom. The first-order valence-corrected chi connectivity index (χ1v) is 18.1. The molecule has 2 aromatic heterocycles. The van der Waals surface area contributed by atoms with Gasteiger partial charge < -0.3 is 25.2 Å². The van der Waals surface area contributed by atoms with Crippen molar-refractivity contribution in [2.75, 3.05) is 32.6 Å². The molecule has 1 amide bonds. The lowest BCUT2D eigenvalue weighted by Crippen LogP contribution is -2.59. The minimum atomic E-state index is -0.653. The summed E-state index contributed by atoms with van der Waals surface area (Å²) in [5.41, 5.74) is 7.36. The lowest BCUT2D eigenvalue weighted by atomic mass is 9.94. The number of benzene rings is 2. The van der Waals surface area contributed by atoms with Crippen LogP contribution in [-0.2, 0) is 24.2 Å². The van der Waals surface area contributed by atoms with Crippen molar-refractivity contribution in [3.8, 4) is 34.1 Å². The quantitative estimate of drug-likeness (QED) is 0.139. The molecular formula is C39H43Cl2N5O4. The maximum absolute atomic E-state index is 11.6. The Morgan fingerprint density at radius 1 is 0.960 bits per heavy atom. The number of carbonyl (C=O) groups excluding carboxylic acids is 1. The molecule has 2 aromatic carbocycles. The van der Waals surface area contributed by atoms with Gasteiger partial charge in [-0.25, -0.2) is 4.98 Å². The van der Waals surface area contributed by atoms with E-state index in [0.29, 0.717) is 53.7 Å². The second-order valence-electron chi connectivity index (χ2n) is 14.0. The molecule has 262 valence electrons. The van der Waals surface area contributed by atoms with Crippen molar-refractivity contribution in [1.82, 2.24) is 20.2 Å². The lowest BCUT2D eigenvalue weighted by molar-refractivity contribution is -0.119. The molecule has 0 bridgehead atoms. The Kier molecular flexibility index (Phi) is 9.94. The fourth-order valence-corrected chi connectivity index (χ4v) is 8.30. The number of carbonyl (C=O) groups is 1. The molecule has 7 rings (SSSR count). The first-order valence-electron chi connectivity index (χ1n) is 17.3. The van der Waals surface area contributed by atoms with Crippen molar-refractivity contribution >= 4 is 34.9 Å². The number of methoxy groups -OCH3 is 2. The molecule has 2 fully saturated rings. The second-order valence-corrected chi connectivity index (χ2v) is 14.8. The number of aryl methyl sites for hydroxylation is 1. The van der Waals surface area contributed by atoms with E-state index in [1.807, 2.05) is 31.2 Å². The summed E-state index contributed by atoms with van der Waals surface area (Å²) < 4.78 is 11.4. The van der Waals surface area contributed by atoms with Crippen molar-refractivity contribution in [1.29, 1.82) is 0 Å². The highest BCUT2D eigenvalue weighted by atomic mass is 35.5. The second kappa shape index (κ2) is 14.4. The Bertz CT molecular complexity index is 1910. The van der Waals surface area contributed by atoms with Crippen LogP contribution in [0.2, 0.25) is 10.0 Å². The van der Waals surface area contributed by atoms with E-state index in [4.69, 9.17) is 42.6 Å². The summed E-state index contributed by atoms with van der Waals surface area (Å²) in [5, 5.41) is 17.9. The zero-order valence-electron chi connectivity index (χ0n) is 28.7. The number of halogens is 2. The number of anilines is 1. The standard InChI is InChI=1S/C39H43Cl2N5O4/c1-39(48)21-46(22-39)20-24-19-31(40)36(45-38(24)50-3)43-32-17-15-27-26(9-5-10-28(27)32)29-11-6-12-30(35(29)41)33-16-13-23(37(44-33)49-2)7-4-8-25-14-18-34(47)42-25/h5-6,9-13,16,19,25,32,48H,4,7-8,14-15,17-18,20-22H2,1-3H3,(H,42,47)(H,43,45)/t25-,32+/m1/s1. The number of aliphatic hydroxyl groups is 1. The molecule has 0 unspecified atom stereocenters. The monoisotopic (exact) mass is 715 g/mol. The van der Waals surface area contributed by atoms with Crippen LogP contribution >= 0.6 is 23.2 Å². The molecule has 0 radical (unpaired) electrons. The molecule has 1 aliphatic carbocycles. The molecule has 3 N–H and O–H groups in total. The normalized spacial score (nSPS) is 19.5. The molecule has 50 heavy (non-hydrogen) atoms. The molecule has 11 heteroatoms. The number of nitrogens with one attached hydrogen (secondary N) is 2. The maximum Gasteiger partial charge on any atom is 0.220 e. The molecule has 0 saturated carbocycles. The van der Waals surface area contributed by atoms with Crippen LogP contribution in [0, 0.1) is 0 Å². The van der Waals surface area contributed by atoms with Gasteiger partial charge in [0.2, 0.25) is 17.7 Å². The van der Waals surface area contributed by atoms with Crippen molar-refractivity contribution < 1.29 is 19.4 Å². The van der Waals surface area contributed by atoms with Gasteiger partial charge in [0, 0.05) is 54.4 Å². The van der Waals surface area contributed by atoms with Crippen molar-refractivity contribution in [2.45, 2.75) is 76.1 Å². The summed E-state index contributed by atoms with van der Waals surface area (Å²) in [7, 11) is 3.26. The molecule has 3 aliphatic rings. The highest BCUT2D eigenvalue weighted by Gasteiger charge is 2.37. The number of hydrogen-bond donors (Lipinski definition) is 3. The Balaban J connectivity index is 1.09. The van der Waals surface area contributed by atoms with Gasteiger partial charge in [0.15, 0.2) is 0 Å². The van der Waals surface area contributed by atoms with E-state index in [-0.39, 0.29) is 18.0 Å². The molecule has 4 aromatic rings. The van der Waals surface area contributed by atoms with Gasteiger partial charge in [-0.2, -0.15) is 4.98 Å². The Hall–Kier alpha value is -3.89. The SMILES string of the molecule is COc1nc(-c2cccc(-c3cccc4c3CC[C@@H]4Nc3nc(OC)c(CN4CC(C)(O)C4)cc3Cl)c2Cl)ccc1CCC[C@@H]1CCC(=O)N1. The zero-order chi connectivity index (χ0) is 35.0. The maximum atomic E-state index is 11.6. The number of hydrogen-bond acceptors (Lipinski definition) is 8. The summed E-state index contributed by atoms with van der Waals surface area (Å²) in [6.07, 6.45) is 5.98. The van der Waals surface area contributed by atoms with Crippen LogP contribution in [0.5, 0.6) is 11.8 Å². The number of nitrogens with zero attached hydrogens (tertiary/aromatic N) is 3. The fourth-order valence-electron chi connectivity index (χ4n) is 7.75. The van der Waals surface area contributed by atoms with Gasteiger partial charge in [-0.3, -0.25) is 9.69 Å². The summed E-state index contributed by atoms with van der Waals surface area (Å²) in [4.78, 5) is 23.3. The van der Waals surface area contributed by atoms with Crippen molar-refractivity contribution in [2.24, 2.45) is 0 Å². The topological polar surface area (TPSA) is 109 Å². The van der Waals surface area contributed by atoms with Gasteiger partial charge >= 0.3 is 0 Å². The van der Waals surface area contributed by atoms with Crippen LogP contribution in [-0.4, -0.2) is 64.8 Å². The van der Waals surface area contributed by atoms with Gasteiger partial charge in [0.05, 0.1) is 41.6 Å². The number of ether oxygens (including phenoxy) is 2. The van der Waals surface area contributed by atoms with E-state index in [2.05, 4.69) is 45.9 Å². The van der Waals surface area contributed by atoms with Crippen molar-refractivity contribution in [3.05, 3.63) is 86.9 Å². The number of likely N-dealkylation sites (tertiary alicyclic amines) is 1. The van der Waals surface area contributed by atoms with Crippen LogP contribution in [0.4, 0.5) is 5.82 Å². The van der Waals surface area contributed by atoms with Crippen LogP contribution in [0.3, 0.4) is 0 Å². The number of aromatic nitrogens is 2. The van der Waals surface area contributed by atoms with E-state index in [0.717, 1.165) is 72.0 Å². The van der Waals surface area contributed by atoms with Crippen LogP contribution in [0.25, 0.3) is 22.4 Å². The largest absolute Gasteiger partial charge is 0.481 e. The third-order valence-electron chi connectivity index (χ3n) is 10.1. The van der Waals surface area contributed by atoms with Gasteiger partial charge in [-0.1, -0.05) is 65.7 Å². The predicted octanol–water partition coefficient (Wildman–Crippen LogP) is 7.40. The van der Waals surface area contributed by atoms with Gasteiger partial charge in [0.1, 0.15) is 5.82 Å². The van der Waals surface area contributed by atoms with E-state index in [1.54, 1.807) is 14.2 Å². The predicted molar refractivity (Wildman–Crippen MR) is 197 cm³/mol. The Labute approximate surface area is 303 Å². The van der Waals surface area contributed by atoms with Crippen LogP contribution in [0.15, 0.2) is 54.6 Å². The van der Waals surface area contributed by atoms with Gasteiger partial charge in [-0.05, 0) is 74.3 Å². The first kappa shape index (κ1) is 34.6. The molecule has 4 heterocycles. The van der Waals surface area contributed by atoms with E-state index in [1.165, 1.54) is 11.1 Å². The van der Waals surface area contributed by atoms with E-state index < -0.39 is 5.60 Å². The fraction of sp³-hybridized carbons (Fsp3) is 0.410. The lowest BCUT2D eigenvalue weighted by Gasteiger charge is -2.44. The van der Waals surface area contributed by atoms with Crippen LogP contribution in [0.1, 0.15) is 67.3 Å². The minimum absolute atomic E-state index is 0.0151. The summed E-state index contributed by atoms with van der Waals surface area (Å²) in [6, 6.07) is 18.7. The van der Waals surface area contributed by atoms with E-state index in [9.17, 15) is 9.90 Å². The highest BCUT2D eigenvalue weighted by Crippen LogP contribution is 2.44. The molecule has 2 saturated heterocycles. The van der Waals surface area contributed by atoms with Gasteiger partial charge in [-0.15, -0.1) is 0 Å². The number of pyridine rings is 2. The number of amides is 1. The number of fused-ring (bicyclic) bond motifs is 1. The molecule has 0 spiro atoms. The summed E-state index contributed by atoms with van der Waals surface area (Å²) >= 11 is 14.0. The highest BCUT2D eigenvalue weighted by molar-refractivity contribution is 6.36. The van der Waals surface area contributed by atoms with Gasteiger partial charge in [0.25, 0.3) is 0 Å².